The molecule has 1 aromatic heterocycles. The van der Waals surface area contributed by atoms with Crippen molar-refractivity contribution in [2.45, 2.75) is 19.1 Å². The lowest BCUT2D eigenvalue weighted by atomic mass is 10.2. The van der Waals surface area contributed by atoms with Crippen LogP contribution in [0.1, 0.15) is 12.5 Å². The molecule has 0 aliphatic carbocycles. The Hall–Kier alpha value is -1.01. The predicted molar refractivity (Wildman–Crippen MR) is 54.4 cm³/mol. The van der Waals surface area contributed by atoms with Crippen LogP contribution in [0.2, 0.25) is 5.02 Å². The summed E-state index contributed by atoms with van der Waals surface area (Å²) in [7, 11) is 0. The van der Waals surface area contributed by atoms with Crippen molar-refractivity contribution < 1.29 is 18.3 Å². The minimum atomic E-state index is -4.46. The maximum Gasteiger partial charge on any atom is 0.417 e. The fraction of sp³-hybridized carbons (Fsp3) is 0.444. The van der Waals surface area contributed by atoms with E-state index in [0.717, 1.165) is 6.07 Å². The molecule has 0 aromatic carbocycles. The van der Waals surface area contributed by atoms with Crippen molar-refractivity contribution in [1.82, 2.24) is 4.98 Å². The molecule has 0 aliphatic rings. The van der Waals surface area contributed by atoms with E-state index in [9.17, 15) is 13.2 Å². The number of aromatic nitrogens is 1. The van der Waals surface area contributed by atoms with Gasteiger partial charge in [-0.05, 0) is 13.0 Å². The SMILES string of the molecule is CC(CO)Nc1ncc(C(F)(F)F)cc1Cl. The Bertz CT molecular complexity index is 370. The average Bonchev–Trinajstić information content (AvgIpc) is 2.19. The number of hydrogen-bond donors (Lipinski definition) is 2. The minimum Gasteiger partial charge on any atom is -0.394 e. The molecule has 0 saturated carbocycles. The van der Waals surface area contributed by atoms with E-state index in [1.54, 1.807) is 6.92 Å². The highest BCUT2D eigenvalue weighted by atomic mass is 35.5. The van der Waals surface area contributed by atoms with Crippen LogP contribution in [0, 0.1) is 0 Å². The Morgan fingerprint density at radius 3 is 2.62 bits per heavy atom. The van der Waals surface area contributed by atoms with Crippen molar-refractivity contribution in [2.24, 2.45) is 0 Å². The van der Waals surface area contributed by atoms with Gasteiger partial charge in [0.25, 0.3) is 0 Å². The van der Waals surface area contributed by atoms with E-state index < -0.39 is 11.7 Å². The van der Waals surface area contributed by atoms with Crippen LogP contribution in [-0.2, 0) is 6.18 Å². The molecule has 2 N–H and O–H groups in total. The van der Waals surface area contributed by atoms with Crippen LogP contribution < -0.4 is 5.32 Å². The molecule has 3 nitrogen and oxygen atoms in total. The largest absolute Gasteiger partial charge is 0.417 e. The summed E-state index contributed by atoms with van der Waals surface area (Å²) in [6.07, 6.45) is -3.77. The van der Waals surface area contributed by atoms with Crippen molar-refractivity contribution in [1.29, 1.82) is 0 Å². The number of alkyl halides is 3. The van der Waals surface area contributed by atoms with Gasteiger partial charge < -0.3 is 10.4 Å². The Labute approximate surface area is 95.3 Å². The topological polar surface area (TPSA) is 45.1 Å². The highest BCUT2D eigenvalue weighted by Gasteiger charge is 2.31. The molecule has 0 aliphatic heterocycles. The van der Waals surface area contributed by atoms with Crippen LogP contribution in [-0.4, -0.2) is 22.7 Å². The average molecular weight is 255 g/mol. The van der Waals surface area contributed by atoms with E-state index in [1.165, 1.54) is 0 Å². The van der Waals surface area contributed by atoms with Gasteiger partial charge in [-0.15, -0.1) is 0 Å². The van der Waals surface area contributed by atoms with Crippen molar-refractivity contribution in [3.63, 3.8) is 0 Å². The number of aliphatic hydroxyl groups is 1. The van der Waals surface area contributed by atoms with E-state index in [1.807, 2.05) is 0 Å². The van der Waals surface area contributed by atoms with E-state index in [-0.39, 0.29) is 23.5 Å². The maximum atomic E-state index is 12.3. The van der Waals surface area contributed by atoms with E-state index >= 15 is 0 Å². The Morgan fingerprint density at radius 1 is 1.56 bits per heavy atom. The normalized spacial score (nSPS) is 13.6. The molecular weight excluding hydrogens is 245 g/mol. The first-order valence-corrected chi connectivity index (χ1v) is 4.82. The second-order valence-electron chi connectivity index (χ2n) is 3.28. The fourth-order valence-corrected chi connectivity index (χ4v) is 1.20. The number of hydrogen-bond acceptors (Lipinski definition) is 3. The van der Waals surface area contributed by atoms with Gasteiger partial charge in [-0.25, -0.2) is 4.98 Å². The molecule has 1 aromatic rings. The predicted octanol–water partition coefficient (Wildman–Crippen LogP) is 2.55. The van der Waals surface area contributed by atoms with E-state index in [4.69, 9.17) is 16.7 Å². The van der Waals surface area contributed by atoms with Crippen LogP contribution in [0.25, 0.3) is 0 Å². The molecule has 0 fully saturated rings. The second kappa shape index (κ2) is 4.88. The van der Waals surface area contributed by atoms with E-state index in [0.29, 0.717) is 6.20 Å². The summed E-state index contributed by atoms with van der Waals surface area (Å²) in [5.74, 6) is 0.121. The molecule has 1 unspecified atom stereocenters. The highest BCUT2D eigenvalue weighted by molar-refractivity contribution is 6.32. The maximum absolute atomic E-state index is 12.3. The zero-order chi connectivity index (χ0) is 12.3. The number of nitrogens with zero attached hydrogens (tertiary/aromatic N) is 1. The molecule has 0 spiro atoms. The third kappa shape index (κ3) is 3.24. The first kappa shape index (κ1) is 13.1. The lowest BCUT2D eigenvalue weighted by Crippen LogP contribution is -2.20. The molecular formula is C9H10ClF3N2O. The third-order valence-electron chi connectivity index (χ3n) is 1.83. The number of aliphatic hydroxyl groups excluding tert-OH is 1. The Kier molecular flexibility index (Phi) is 3.98. The van der Waals surface area contributed by atoms with E-state index in [2.05, 4.69) is 10.3 Å². The van der Waals surface area contributed by atoms with Gasteiger partial charge in [0, 0.05) is 12.2 Å². The summed E-state index contributed by atoms with van der Waals surface area (Å²) in [6, 6.07) is 0.461. The lowest BCUT2D eigenvalue weighted by molar-refractivity contribution is -0.137. The molecule has 0 radical (unpaired) electrons. The minimum absolute atomic E-state index is 0.121. The number of nitrogens with one attached hydrogen (secondary N) is 1. The molecule has 7 heteroatoms. The van der Waals surface area contributed by atoms with Gasteiger partial charge in [-0.1, -0.05) is 11.6 Å². The number of halogens is 4. The van der Waals surface area contributed by atoms with Crippen LogP contribution >= 0.6 is 11.6 Å². The van der Waals surface area contributed by atoms with Gasteiger partial charge in [0.15, 0.2) is 0 Å². The third-order valence-corrected chi connectivity index (χ3v) is 2.11. The smallest absolute Gasteiger partial charge is 0.394 e. The van der Waals surface area contributed by atoms with Crippen LogP contribution in [0.4, 0.5) is 19.0 Å². The highest BCUT2D eigenvalue weighted by Crippen LogP contribution is 2.32. The summed E-state index contributed by atoms with van der Waals surface area (Å²) < 4.78 is 36.8. The summed E-state index contributed by atoms with van der Waals surface area (Å²) in [4.78, 5) is 3.56. The number of anilines is 1. The first-order chi connectivity index (χ1) is 7.34. The molecule has 1 heterocycles. The number of rotatable bonds is 3. The molecule has 0 bridgehead atoms. The molecule has 1 atom stereocenters. The first-order valence-electron chi connectivity index (χ1n) is 4.44. The molecule has 0 amide bonds. The number of pyridine rings is 1. The molecule has 90 valence electrons. The van der Waals surface area contributed by atoms with Crippen molar-refractivity contribution in [2.75, 3.05) is 11.9 Å². The van der Waals surface area contributed by atoms with Crippen LogP contribution in [0.3, 0.4) is 0 Å². The van der Waals surface area contributed by atoms with Crippen molar-refractivity contribution in [3.05, 3.63) is 22.8 Å². The standard InChI is InChI=1S/C9H10ClF3N2O/c1-5(4-16)15-8-7(10)2-6(3-14-8)9(11,12)13/h2-3,5,16H,4H2,1H3,(H,14,15). The zero-order valence-corrected chi connectivity index (χ0v) is 9.10. The lowest BCUT2D eigenvalue weighted by Gasteiger charge is -2.14. The molecule has 0 saturated heterocycles. The van der Waals surface area contributed by atoms with Gasteiger partial charge >= 0.3 is 6.18 Å². The quantitative estimate of drug-likeness (QED) is 0.871. The summed E-state index contributed by atoms with van der Waals surface area (Å²) in [5, 5.41) is 11.3. The monoisotopic (exact) mass is 254 g/mol. The zero-order valence-electron chi connectivity index (χ0n) is 8.35. The van der Waals surface area contributed by atoms with Gasteiger partial charge in [0.1, 0.15) is 5.82 Å². The van der Waals surface area contributed by atoms with Crippen LogP contribution in [0.5, 0.6) is 0 Å². The fourth-order valence-electron chi connectivity index (χ4n) is 0.978. The van der Waals surface area contributed by atoms with Gasteiger partial charge in [-0.2, -0.15) is 13.2 Å². The van der Waals surface area contributed by atoms with Gasteiger partial charge in [0.2, 0.25) is 0 Å². The second-order valence-corrected chi connectivity index (χ2v) is 3.69. The Morgan fingerprint density at radius 2 is 2.19 bits per heavy atom. The molecule has 1 rings (SSSR count). The summed E-state index contributed by atoms with van der Waals surface area (Å²) in [6.45, 7) is 1.48. The van der Waals surface area contributed by atoms with Crippen molar-refractivity contribution >= 4 is 17.4 Å². The van der Waals surface area contributed by atoms with Crippen molar-refractivity contribution in [3.8, 4) is 0 Å². The molecule has 16 heavy (non-hydrogen) atoms. The summed E-state index contributed by atoms with van der Waals surface area (Å²) >= 11 is 5.63. The van der Waals surface area contributed by atoms with Crippen LogP contribution in [0.15, 0.2) is 12.3 Å². The van der Waals surface area contributed by atoms with Gasteiger partial charge in [-0.3, -0.25) is 0 Å². The summed E-state index contributed by atoms with van der Waals surface area (Å²) in [5.41, 5.74) is -0.903. The Balaban J connectivity index is 2.92. The van der Waals surface area contributed by atoms with Gasteiger partial charge in [0.05, 0.1) is 17.2 Å².